The molecule has 170 valence electrons. The number of rotatable bonds is 7. The monoisotopic (exact) mass is 437 g/mol. The highest BCUT2D eigenvalue weighted by Crippen LogP contribution is 2.36. The molecule has 2 fully saturated rings. The smallest absolute Gasteiger partial charge is 0.338 e. The van der Waals surface area contributed by atoms with Crippen LogP contribution in [0.3, 0.4) is 0 Å². The predicted molar refractivity (Wildman–Crippen MR) is 104 cm³/mol. The van der Waals surface area contributed by atoms with Crippen LogP contribution in [0.25, 0.3) is 0 Å². The summed E-state index contributed by atoms with van der Waals surface area (Å²) in [5.74, 6) is -9.20. The second kappa shape index (κ2) is 9.32. The molecular weight excluding hydrogens is 410 g/mol. The summed E-state index contributed by atoms with van der Waals surface area (Å²) in [7, 11) is 0. The highest BCUT2D eigenvalue weighted by atomic mass is 19.3. The molecule has 2 aliphatic carbocycles. The summed E-state index contributed by atoms with van der Waals surface area (Å²) in [5, 5.41) is 11.0. The fraction of sp³-hybridized carbons (Fsp3) is 0.609. The van der Waals surface area contributed by atoms with Gasteiger partial charge in [0, 0.05) is 5.92 Å². The number of halogens is 2. The molecule has 3 rings (SSSR count). The number of hydrogen-bond donors (Lipinski definition) is 0. The van der Waals surface area contributed by atoms with Crippen LogP contribution in [0.2, 0.25) is 0 Å². The van der Waals surface area contributed by atoms with E-state index in [-0.39, 0.29) is 11.1 Å². The maximum Gasteiger partial charge on any atom is 0.338 e. The van der Waals surface area contributed by atoms with Gasteiger partial charge in [0.1, 0.15) is 11.6 Å². The predicted octanol–water partition coefficient (Wildman–Crippen LogP) is 3.67. The molecule has 1 aromatic carbocycles. The molecule has 0 radical (unpaired) electrons. The minimum Gasteiger partial charge on any atom is -0.544 e. The molecule has 2 aliphatic rings. The van der Waals surface area contributed by atoms with Gasteiger partial charge in [-0.05, 0) is 69.7 Å². The largest absolute Gasteiger partial charge is 0.544 e. The summed E-state index contributed by atoms with van der Waals surface area (Å²) in [5.41, 5.74) is -0.328. The topological polar surface area (TPSA) is 92.7 Å². The minimum atomic E-state index is -4.29. The zero-order valence-electron chi connectivity index (χ0n) is 17.5. The number of alkyl halides is 2. The maximum atomic E-state index is 14.3. The Morgan fingerprint density at radius 2 is 1.48 bits per heavy atom. The fourth-order valence-electron chi connectivity index (χ4n) is 4.45. The van der Waals surface area contributed by atoms with Gasteiger partial charge in [0.25, 0.3) is 0 Å². The first kappa shape index (κ1) is 23.2. The molecule has 1 unspecified atom stereocenters. The molecule has 0 saturated heterocycles. The Morgan fingerprint density at radius 1 is 0.968 bits per heavy atom. The third-order valence-corrected chi connectivity index (χ3v) is 6.30. The summed E-state index contributed by atoms with van der Waals surface area (Å²) in [6.07, 6.45) is 4.36. The summed E-state index contributed by atoms with van der Waals surface area (Å²) < 4.78 is 39.1. The van der Waals surface area contributed by atoms with E-state index >= 15 is 0 Å². The van der Waals surface area contributed by atoms with Crippen molar-refractivity contribution in [1.29, 1.82) is 0 Å². The van der Waals surface area contributed by atoms with Gasteiger partial charge in [0.15, 0.2) is 6.10 Å². The van der Waals surface area contributed by atoms with Crippen LogP contribution in [-0.2, 0) is 14.3 Å². The average molecular weight is 437 g/mol. The van der Waals surface area contributed by atoms with E-state index in [0.29, 0.717) is 25.7 Å². The first-order chi connectivity index (χ1) is 14.6. The lowest BCUT2D eigenvalue weighted by atomic mass is 9.83. The van der Waals surface area contributed by atoms with Gasteiger partial charge in [0.2, 0.25) is 0 Å². The van der Waals surface area contributed by atoms with Crippen LogP contribution >= 0.6 is 0 Å². The van der Waals surface area contributed by atoms with Crippen molar-refractivity contribution >= 4 is 17.9 Å². The van der Waals surface area contributed by atoms with Gasteiger partial charge < -0.3 is 19.4 Å². The number of carboxylic acid groups (broad SMARTS) is 1. The van der Waals surface area contributed by atoms with Crippen LogP contribution in [0.1, 0.15) is 85.4 Å². The molecule has 1 atom stereocenters. The number of aliphatic carboxylic acids is 1. The van der Waals surface area contributed by atoms with E-state index in [2.05, 4.69) is 0 Å². The van der Waals surface area contributed by atoms with Crippen LogP contribution in [0.5, 0.6) is 0 Å². The number of carboxylic acids is 1. The van der Waals surface area contributed by atoms with E-state index in [1.165, 1.54) is 24.3 Å². The van der Waals surface area contributed by atoms with Crippen LogP contribution in [-0.4, -0.2) is 35.5 Å². The van der Waals surface area contributed by atoms with Crippen molar-refractivity contribution in [2.45, 2.75) is 82.3 Å². The van der Waals surface area contributed by atoms with Crippen LogP contribution in [0, 0.1) is 5.92 Å². The summed E-state index contributed by atoms with van der Waals surface area (Å²) in [6, 6.07) is 5.30. The zero-order chi connectivity index (χ0) is 22.6. The van der Waals surface area contributed by atoms with E-state index in [1.807, 2.05) is 6.92 Å². The number of hydrogen-bond acceptors (Lipinski definition) is 6. The molecule has 0 bridgehead atoms. The van der Waals surface area contributed by atoms with Crippen LogP contribution in [0.15, 0.2) is 24.3 Å². The van der Waals surface area contributed by atoms with Gasteiger partial charge in [-0.15, -0.1) is 0 Å². The average Bonchev–Trinajstić information content (AvgIpc) is 3.18. The highest BCUT2D eigenvalue weighted by Gasteiger charge is 2.48. The number of carbonyl (C=O) groups excluding carboxylic acids is 3. The summed E-state index contributed by atoms with van der Waals surface area (Å²) in [4.78, 5) is 35.9. The SMILES string of the molecule is CC1(OC(=O)c2ccc(C(=O)OC(C3CCCCC3)C(F)(F)C(=O)[O-])cc2)CCCC1. The third-order valence-electron chi connectivity index (χ3n) is 6.30. The number of benzene rings is 1. The van der Waals surface area contributed by atoms with E-state index in [4.69, 9.17) is 9.47 Å². The Morgan fingerprint density at radius 3 is 2.00 bits per heavy atom. The van der Waals surface area contributed by atoms with Crippen molar-refractivity contribution in [3.63, 3.8) is 0 Å². The summed E-state index contributed by atoms with van der Waals surface area (Å²) in [6.45, 7) is 1.88. The lowest BCUT2D eigenvalue weighted by Gasteiger charge is -2.35. The van der Waals surface area contributed by atoms with Crippen LogP contribution in [0.4, 0.5) is 8.78 Å². The Kier molecular flexibility index (Phi) is 6.96. The minimum absolute atomic E-state index is 0.0569. The van der Waals surface area contributed by atoms with Crippen LogP contribution < -0.4 is 5.11 Å². The lowest BCUT2D eigenvalue weighted by molar-refractivity contribution is -0.337. The van der Waals surface area contributed by atoms with E-state index in [0.717, 1.165) is 32.1 Å². The van der Waals surface area contributed by atoms with Gasteiger partial charge in [-0.1, -0.05) is 19.3 Å². The first-order valence-electron chi connectivity index (χ1n) is 10.8. The molecule has 6 nitrogen and oxygen atoms in total. The molecule has 0 N–H and O–H groups in total. The molecule has 0 spiro atoms. The third kappa shape index (κ3) is 5.40. The van der Waals surface area contributed by atoms with Crippen molar-refractivity contribution in [3.8, 4) is 0 Å². The summed E-state index contributed by atoms with van der Waals surface area (Å²) >= 11 is 0. The quantitative estimate of drug-likeness (QED) is 0.605. The number of ether oxygens (including phenoxy) is 2. The Bertz CT molecular complexity index is 808. The van der Waals surface area contributed by atoms with Gasteiger partial charge in [-0.2, -0.15) is 8.78 Å². The Labute approximate surface area is 179 Å². The van der Waals surface area contributed by atoms with Gasteiger partial charge in [-0.3, -0.25) is 0 Å². The Balaban J connectivity index is 1.70. The van der Waals surface area contributed by atoms with Crippen molar-refractivity contribution in [1.82, 2.24) is 0 Å². The second-order valence-electron chi connectivity index (χ2n) is 8.76. The lowest BCUT2D eigenvalue weighted by Crippen LogP contribution is -2.54. The maximum absolute atomic E-state index is 14.3. The number of esters is 2. The first-order valence-corrected chi connectivity index (χ1v) is 10.8. The molecular formula is C23H27F2O6-. The molecule has 0 aliphatic heterocycles. The van der Waals surface area contributed by atoms with Crippen molar-refractivity contribution in [2.75, 3.05) is 0 Å². The molecule has 8 heteroatoms. The van der Waals surface area contributed by atoms with E-state index in [1.54, 1.807) is 0 Å². The van der Waals surface area contributed by atoms with Gasteiger partial charge in [0.05, 0.1) is 11.1 Å². The Hall–Kier alpha value is -2.51. The molecule has 2 saturated carbocycles. The van der Waals surface area contributed by atoms with Gasteiger partial charge >= 0.3 is 17.9 Å². The molecule has 0 heterocycles. The molecule has 0 aromatic heterocycles. The second-order valence-corrected chi connectivity index (χ2v) is 8.76. The number of carbonyl (C=O) groups is 3. The standard InChI is InChI=1S/C23H28F2O6/c1-22(13-5-6-14-22)31-20(27)17-11-9-16(10-12-17)19(26)30-18(23(24,25)21(28)29)15-7-3-2-4-8-15/h9-12,15,18H,2-8,13-14H2,1H3,(H,28,29)/p-1. The van der Waals surface area contributed by atoms with E-state index < -0.39 is 41.5 Å². The van der Waals surface area contributed by atoms with Crippen molar-refractivity contribution in [3.05, 3.63) is 35.4 Å². The van der Waals surface area contributed by atoms with Crippen molar-refractivity contribution in [2.24, 2.45) is 5.92 Å². The highest BCUT2D eigenvalue weighted by molar-refractivity contribution is 5.93. The zero-order valence-corrected chi connectivity index (χ0v) is 17.5. The molecule has 31 heavy (non-hydrogen) atoms. The van der Waals surface area contributed by atoms with Gasteiger partial charge in [-0.25, -0.2) is 9.59 Å². The van der Waals surface area contributed by atoms with E-state index in [9.17, 15) is 28.3 Å². The molecule has 1 aromatic rings. The molecule has 0 amide bonds. The fourth-order valence-corrected chi connectivity index (χ4v) is 4.45. The normalized spacial score (nSPS) is 20.1. The van der Waals surface area contributed by atoms with Crippen molar-refractivity contribution < 1.29 is 37.7 Å².